The third-order valence-electron chi connectivity index (χ3n) is 7.19. The van der Waals surface area contributed by atoms with Crippen LogP contribution in [0.1, 0.15) is 43.0 Å². The van der Waals surface area contributed by atoms with Crippen molar-refractivity contribution in [2.75, 3.05) is 22.1 Å². The molecule has 6 N–H and O–H groups in total. The molecule has 8 heteroatoms. The zero-order chi connectivity index (χ0) is 29.5. The minimum Gasteiger partial charge on any atom is -0.455 e. The van der Waals surface area contributed by atoms with E-state index in [1.54, 1.807) is 24.3 Å². The van der Waals surface area contributed by atoms with Crippen molar-refractivity contribution >= 4 is 61.6 Å². The molecule has 5 aromatic rings. The lowest BCUT2D eigenvalue weighted by Crippen LogP contribution is -2.26. The standard InChI is InChI=1S/C34H27BrN4O3/c1-18-8-12-20(13-9-18)38-24-16-23(35)31(36)29-27(24)33(40)28-25(39-21-14-10-19(2)11-15-21)17-26(32(37)30(28)34(29)41)42-22-6-4-3-5-7-22/h3-17,38-39H,36-37H2,1-2H3. The summed E-state index contributed by atoms with van der Waals surface area (Å²) in [6.07, 6.45) is 0. The molecule has 0 amide bonds. The monoisotopic (exact) mass is 618 g/mol. The molecule has 0 unspecified atom stereocenters. The van der Waals surface area contributed by atoms with E-state index < -0.39 is 5.78 Å². The van der Waals surface area contributed by atoms with Gasteiger partial charge in [-0.1, -0.05) is 53.6 Å². The maximum absolute atomic E-state index is 14.5. The second-order valence-electron chi connectivity index (χ2n) is 10.2. The second-order valence-corrected chi connectivity index (χ2v) is 11.1. The molecule has 0 aromatic heterocycles. The average Bonchev–Trinajstić information content (AvgIpc) is 2.98. The molecule has 1 aliphatic rings. The minimum atomic E-state index is -0.465. The molecule has 0 heterocycles. The summed E-state index contributed by atoms with van der Waals surface area (Å²) in [5.74, 6) is -0.0766. The Labute approximate surface area is 251 Å². The lowest BCUT2D eigenvalue weighted by Gasteiger charge is -2.27. The Bertz CT molecular complexity index is 1870. The first-order valence-corrected chi connectivity index (χ1v) is 14.1. The number of ketones is 2. The van der Waals surface area contributed by atoms with Crippen LogP contribution in [0.5, 0.6) is 11.5 Å². The number of rotatable bonds is 6. The first kappa shape index (κ1) is 27.1. The van der Waals surface area contributed by atoms with Gasteiger partial charge >= 0.3 is 0 Å². The fraction of sp³-hybridized carbons (Fsp3) is 0.0588. The van der Waals surface area contributed by atoms with Crippen molar-refractivity contribution in [1.82, 2.24) is 0 Å². The number of fused-ring (bicyclic) bond motifs is 2. The maximum atomic E-state index is 14.5. The fourth-order valence-electron chi connectivity index (χ4n) is 5.01. The average molecular weight is 620 g/mol. The Hall–Kier alpha value is -5.08. The van der Waals surface area contributed by atoms with Crippen LogP contribution in [0, 0.1) is 13.8 Å². The summed E-state index contributed by atoms with van der Waals surface area (Å²) in [6, 6.07) is 27.9. The minimum absolute atomic E-state index is 0.0432. The van der Waals surface area contributed by atoms with Gasteiger partial charge in [-0.25, -0.2) is 0 Å². The Morgan fingerprint density at radius 3 is 1.64 bits per heavy atom. The number of aryl methyl sites for hydroxylation is 2. The highest BCUT2D eigenvalue weighted by Crippen LogP contribution is 2.47. The van der Waals surface area contributed by atoms with Crippen LogP contribution in [0.25, 0.3) is 0 Å². The van der Waals surface area contributed by atoms with Crippen LogP contribution >= 0.6 is 15.9 Å². The number of hydrogen-bond acceptors (Lipinski definition) is 7. The van der Waals surface area contributed by atoms with Gasteiger partial charge in [-0.15, -0.1) is 0 Å². The van der Waals surface area contributed by atoms with Crippen LogP contribution < -0.4 is 26.8 Å². The first-order valence-electron chi connectivity index (χ1n) is 13.3. The quantitative estimate of drug-likeness (QED) is 0.139. The first-order chi connectivity index (χ1) is 20.2. The molecule has 42 heavy (non-hydrogen) atoms. The molecule has 0 radical (unpaired) electrons. The molecule has 208 valence electrons. The molecule has 0 bridgehead atoms. The number of halogens is 1. The number of hydrogen-bond donors (Lipinski definition) is 4. The summed E-state index contributed by atoms with van der Waals surface area (Å²) >= 11 is 3.48. The van der Waals surface area contributed by atoms with E-state index in [1.165, 1.54) is 0 Å². The van der Waals surface area contributed by atoms with E-state index in [9.17, 15) is 9.59 Å². The summed E-state index contributed by atoms with van der Waals surface area (Å²) in [7, 11) is 0. The Balaban J connectivity index is 1.56. The number of ether oxygens (including phenoxy) is 1. The van der Waals surface area contributed by atoms with Crippen LogP contribution in [0.3, 0.4) is 0 Å². The van der Waals surface area contributed by atoms with Crippen molar-refractivity contribution in [3.63, 3.8) is 0 Å². The van der Waals surface area contributed by atoms with Crippen LogP contribution in [-0.4, -0.2) is 11.6 Å². The van der Waals surface area contributed by atoms with Gasteiger partial charge in [0, 0.05) is 21.9 Å². The predicted molar refractivity (Wildman–Crippen MR) is 172 cm³/mol. The van der Waals surface area contributed by atoms with Crippen molar-refractivity contribution < 1.29 is 14.3 Å². The fourth-order valence-corrected chi connectivity index (χ4v) is 5.44. The van der Waals surface area contributed by atoms with Gasteiger partial charge in [0.2, 0.25) is 0 Å². The molecule has 0 saturated heterocycles. The number of carbonyl (C=O) groups excluding carboxylic acids is 2. The number of para-hydroxylation sites is 1. The molecule has 0 atom stereocenters. The van der Waals surface area contributed by atoms with Crippen molar-refractivity contribution in [3.05, 3.63) is 129 Å². The number of nitrogens with two attached hydrogens (primary N) is 2. The van der Waals surface area contributed by atoms with Gasteiger partial charge in [0.25, 0.3) is 0 Å². The largest absolute Gasteiger partial charge is 0.455 e. The van der Waals surface area contributed by atoms with Gasteiger partial charge in [-0.3, -0.25) is 9.59 Å². The van der Waals surface area contributed by atoms with E-state index in [0.717, 1.165) is 22.5 Å². The van der Waals surface area contributed by atoms with E-state index in [4.69, 9.17) is 16.2 Å². The van der Waals surface area contributed by atoms with E-state index in [0.29, 0.717) is 21.6 Å². The van der Waals surface area contributed by atoms with E-state index in [-0.39, 0.29) is 45.2 Å². The number of anilines is 6. The molecule has 0 aliphatic heterocycles. The second kappa shape index (κ2) is 10.7. The van der Waals surface area contributed by atoms with Crippen molar-refractivity contribution in [3.8, 4) is 11.5 Å². The summed E-state index contributed by atoms with van der Waals surface area (Å²) in [6.45, 7) is 3.98. The van der Waals surface area contributed by atoms with E-state index in [1.807, 2.05) is 80.6 Å². The lowest BCUT2D eigenvalue weighted by atomic mass is 9.80. The molecule has 0 fully saturated rings. The van der Waals surface area contributed by atoms with Crippen molar-refractivity contribution in [1.29, 1.82) is 0 Å². The maximum Gasteiger partial charge on any atom is 0.199 e. The Morgan fingerprint density at radius 2 is 1.10 bits per heavy atom. The molecular formula is C34H27BrN4O3. The van der Waals surface area contributed by atoms with Crippen molar-refractivity contribution in [2.45, 2.75) is 13.8 Å². The molecule has 6 rings (SSSR count). The third kappa shape index (κ3) is 4.86. The third-order valence-corrected chi connectivity index (χ3v) is 7.84. The Kier molecular flexibility index (Phi) is 6.92. The molecule has 1 aliphatic carbocycles. The van der Waals surface area contributed by atoms with Gasteiger partial charge in [0.15, 0.2) is 17.3 Å². The van der Waals surface area contributed by atoms with Crippen LogP contribution in [0.2, 0.25) is 0 Å². The summed E-state index contributed by atoms with van der Waals surface area (Å²) in [4.78, 5) is 28.8. The van der Waals surface area contributed by atoms with Crippen LogP contribution in [-0.2, 0) is 0 Å². The SMILES string of the molecule is Cc1ccc(Nc2cc(Br)c(N)c3c2C(=O)c2c(Nc4ccc(C)cc4)cc(Oc4ccccc4)c(N)c2C3=O)cc1. The number of nitrogens with one attached hydrogen (secondary N) is 2. The highest BCUT2D eigenvalue weighted by Gasteiger charge is 2.39. The zero-order valence-corrected chi connectivity index (χ0v) is 24.5. The van der Waals surface area contributed by atoms with E-state index >= 15 is 0 Å². The van der Waals surface area contributed by atoms with Gasteiger partial charge < -0.3 is 26.8 Å². The van der Waals surface area contributed by atoms with Crippen LogP contribution in [0.15, 0.2) is 95.5 Å². The topological polar surface area (TPSA) is 119 Å². The molecule has 0 saturated carbocycles. The number of benzene rings is 5. The van der Waals surface area contributed by atoms with Gasteiger partial charge in [-0.2, -0.15) is 0 Å². The van der Waals surface area contributed by atoms with Gasteiger partial charge in [0.05, 0.1) is 45.0 Å². The lowest BCUT2D eigenvalue weighted by molar-refractivity contribution is 0.0981. The molecule has 7 nitrogen and oxygen atoms in total. The van der Waals surface area contributed by atoms with Gasteiger partial charge in [0.1, 0.15) is 5.75 Å². The van der Waals surface area contributed by atoms with Crippen molar-refractivity contribution in [2.24, 2.45) is 0 Å². The number of nitrogen functional groups attached to an aromatic ring is 2. The molecular weight excluding hydrogens is 592 g/mol. The highest BCUT2D eigenvalue weighted by atomic mass is 79.9. The Morgan fingerprint density at radius 1 is 0.619 bits per heavy atom. The zero-order valence-electron chi connectivity index (χ0n) is 22.9. The smallest absolute Gasteiger partial charge is 0.199 e. The normalized spacial score (nSPS) is 12.0. The summed E-state index contributed by atoms with van der Waals surface area (Å²) in [5, 5.41) is 6.63. The predicted octanol–water partition coefficient (Wildman–Crippen LogP) is 8.29. The highest BCUT2D eigenvalue weighted by molar-refractivity contribution is 9.10. The molecule has 5 aromatic carbocycles. The summed E-state index contributed by atoms with van der Waals surface area (Å²) < 4.78 is 6.61. The van der Waals surface area contributed by atoms with Gasteiger partial charge in [-0.05, 0) is 72.2 Å². The van der Waals surface area contributed by atoms with E-state index in [2.05, 4.69) is 26.6 Å². The van der Waals surface area contributed by atoms with Crippen LogP contribution in [0.4, 0.5) is 34.1 Å². The summed E-state index contributed by atoms with van der Waals surface area (Å²) in [5.41, 5.74) is 18.2. The molecule has 0 spiro atoms. The number of carbonyl (C=O) groups is 2.